The maximum atomic E-state index is 16.0. The van der Waals surface area contributed by atoms with Crippen molar-refractivity contribution in [1.82, 2.24) is 29.5 Å². The average Bonchev–Trinajstić information content (AvgIpc) is 3.72. The maximum absolute atomic E-state index is 16.0. The van der Waals surface area contributed by atoms with Crippen LogP contribution >= 0.6 is 25.8 Å². The molecule has 2 aliphatic heterocycles. The van der Waals surface area contributed by atoms with Crippen molar-refractivity contribution in [3.05, 3.63) is 35.3 Å². The van der Waals surface area contributed by atoms with Gasteiger partial charge in [-0.1, -0.05) is 46.9 Å². The largest absolute Gasteiger partial charge is 0.471 e. The molecule has 1 amide bonds. The number of ether oxygens (including phenoxy) is 2. The molecular formula is C30H44FN7O11P2S2Si. The number of nitrogens with zero attached hydrogens (tertiary/aromatic N) is 5. The molecule has 1 aliphatic carbocycles. The van der Waals surface area contributed by atoms with Gasteiger partial charge in [0.2, 0.25) is 17.7 Å². The van der Waals surface area contributed by atoms with Crippen molar-refractivity contribution in [3.63, 3.8) is 0 Å². The Morgan fingerprint density at radius 3 is 2.63 bits per heavy atom. The van der Waals surface area contributed by atoms with E-state index in [2.05, 4.69) is 42.5 Å². The van der Waals surface area contributed by atoms with Crippen molar-refractivity contribution in [2.75, 3.05) is 18.5 Å². The van der Waals surface area contributed by atoms with Crippen LogP contribution < -0.4 is 15.6 Å². The highest BCUT2D eigenvalue weighted by Crippen LogP contribution is 2.59. The van der Waals surface area contributed by atoms with Crippen LogP contribution in [-0.2, 0) is 48.4 Å². The van der Waals surface area contributed by atoms with Gasteiger partial charge in [-0.05, 0) is 36.4 Å². The summed E-state index contributed by atoms with van der Waals surface area (Å²) in [6.45, 7) is 3.96. The number of hydrogen-bond donors (Lipinski definition) is 4. The first kappa shape index (κ1) is 41.4. The van der Waals surface area contributed by atoms with E-state index in [1.54, 1.807) is 13.8 Å². The predicted molar refractivity (Wildman–Crippen MR) is 202 cm³/mol. The molecule has 2 bridgehead atoms. The third kappa shape index (κ3) is 9.00. The number of hydrogen-bond acceptors (Lipinski definition) is 15. The zero-order valence-corrected chi connectivity index (χ0v) is 35.0. The Kier molecular flexibility index (Phi) is 12.0. The van der Waals surface area contributed by atoms with E-state index in [0.717, 1.165) is 0 Å². The molecule has 0 unspecified atom stereocenters. The molecule has 10 atom stereocenters. The highest BCUT2D eigenvalue weighted by Gasteiger charge is 2.55. The molecule has 5 heterocycles. The minimum atomic E-state index is -4.34. The number of imidazole rings is 1. The quantitative estimate of drug-likeness (QED) is 0.144. The van der Waals surface area contributed by atoms with Crippen LogP contribution in [0.4, 0.5) is 10.3 Å². The SMILES string of the molecule is CC(C)C(=O)Nc1nc2c(ncn2[C@@H]2O[C@@H]3CO[P@](=O)(S)O[C@@H]4[C@@H](CO[P@](O)(=S)O[C@@H]2[C@@H]3O[Si](C)(C)C(C)(C)C)C[C@@H](Oc2ccncn2)[C@@H]4F)c(=O)[nH]1. The summed E-state index contributed by atoms with van der Waals surface area (Å²) < 4.78 is 74.0. The molecule has 1 saturated carbocycles. The van der Waals surface area contributed by atoms with Gasteiger partial charge >= 0.3 is 13.5 Å². The van der Waals surface area contributed by atoms with Crippen molar-refractivity contribution in [2.24, 2.45) is 11.8 Å². The molecule has 2 saturated heterocycles. The molecule has 24 heteroatoms. The minimum absolute atomic E-state index is 0.00181. The topological polar surface area (TPSA) is 220 Å². The molecule has 0 radical (unpaired) electrons. The van der Waals surface area contributed by atoms with Crippen LogP contribution in [0.1, 0.15) is 47.3 Å². The van der Waals surface area contributed by atoms with Crippen LogP contribution in [0.5, 0.6) is 5.88 Å². The second-order valence-corrected chi connectivity index (χ2v) is 25.5. The molecule has 0 spiro atoms. The van der Waals surface area contributed by atoms with Crippen molar-refractivity contribution in [3.8, 4) is 5.88 Å². The number of rotatable bonds is 7. The number of carbonyl (C=O) groups is 1. The number of nitrogens with one attached hydrogen (secondary N) is 2. The second-order valence-electron chi connectivity index (χ2n) is 15.1. The molecule has 54 heavy (non-hydrogen) atoms. The monoisotopic (exact) mass is 851 g/mol. The number of aromatic amines is 1. The molecule has 6 rings (SSSR count). The lowest BCUT2D eigenvalue weighted by atomic mass is 10.1. The van der Waals surface area contributed by atoms with Gasteiger partial charge in [0.25, 0.3) is 5.56 Å². The number of alkyl halides is 1. The Balaban J connectivity index is 1.38. The molecule has 3 aromatic rings. The van der Waals surface area contributed by atoms with Crippen molar-refractivity contribution < 1.29 is 50.6 Å². The standard InChI is InChI=1S/C30H44FN7O11P2S2Si/c1-15(2)26(39)36-29-35-25-21(27(40)37-29)34-14-38(25)28-24-23(49-54(6,7)30(3,4)5)18(46-28)12-44-51(42,53)47-22-16(11-43-50(41,52)48-24)10-17(20(22)31)45-19-8-9-32-13-33-19/h8-9,13-18,20,22-24,28H,10-12H2,1-7H3,(H,41,52)(H,42,53)(H2,35,36,37,39,40)/t16-,17-,18-,20+,22-,23-,24-,28-,50+,51+/m1/s1. The van der Waals surface area contributed by atoms with E-state index in [0.29, 0.717) is 0 Å². The first-order chi connectivity index (χ1) is 25.1. The van der Waals surface area contributed by atoms with Gasteiger partial charge in [0.1, 0.15) is 36.8 Å². The summed E-state index contributed by atoms with van der Waals surface area (Å²) in [6, 6.07) is 1.46. The highest BCUT2D eigenvalue weighted by atomic mass is 32.7. The van der Waals surface area contributed by atoms with Gasteiger partial charge in [0.05, 0.1) is 19.5 Å². The summed E-state index contributed by atoms with van der Waals surface area (Å²) in [5, 5.41) is 2.24. The van der Waals surface area contributed by atoms with E-state index < -0.39 is 101 Å². The average molecular weight is 852 g/mol. The van der Waals surface area contributed by atoms with Crippen LogP contribution in [0.3, 0.4) is 0 Å². The fourth-order valence-electron chi connectivity index (χ4n) is 5.95. The summed E-state index contributed by atoms with van der Waals surface area (Å²) >= 11 is 9.75. The Morgan fingerprint density at radius 2 is 1.96 bits per heavy atom. The van der Waals surface area contributed by atoms with Crippen molar-refractivity contribution in [2.45, 2.75) is 102 Å². The molecule has 3 aromatic heterocycles. The lowest BCUT2D eigenvalue weighted by molar-refractivity contribution is -0.118. The second kappa shape index (κ2) is 15.6. The normalized spacial score (nSPS) is 33.8. The summed E-state index contributed by atoms with van der Waals surface area (Å²) in [5.74, 6) is -1.69. The van der Waals surface area contributed by atoms with E-state index in [1.165, 1.54) is 29.5 Å². The predicted octanol–water partition coefficient (Wildman–Crippen LogP) is 4.67. The lowest BCUT2D eigenvalue weighted by Crippen LogP contribution is -2.50. The Labute approximate surface area is 321 Å². The summed E-state index contributed by atoms with van der Waals surface area (Å²) in [4.78, 5) is 56.2. The number of aromatic nitrogens is 6. The first-order valence-electron chi connectivity index (χ1n) is 17.1. The van der Waals surface area contributed by atoms with Gasteiger partial charge < -0.3 is 23.3 Å². The Hall–Kier alpha value is -2.20. The Morgan fingerprint density at radius 1 is 1.22 bits per heavy atom. The zero-order chi connectivity index (χ0) is 39.4. The van der Waals surface area contributed by atoms with Gasteiger partial charge in [-0.3, -0.25) is 38.0 Å². The third-order valence-electron chi connectivity index (χ3n) is 9.85. The van der Waals surface area contributed by atoms with E-state index >= 15 is 4.39 Å². The van der Waals surface area contributed by atoms with Gasteiger partial charge in [-0.15, -0.1) is 0 Å². The summed E-state index contributed by atoms with van der Waals surface area (Å²) in [7, 11) is -2.70. The lowest BCUT2D eigenvalue weighted by Gasteiger charge is -2.40. The molecule has 3 fully saturated rings. The molecule has 298 valence electrons. The van der Waals surface area contributed by atoms with Crippen LogP contribution in [0.25, 0.3) is 11.2 Å². The molecule has 18 nitrogen and oxygen atoms in total. The number of anilines is 1. The van der Waals surface area contributed by atoms with Gasteiger partial charge in [0.15, 0.2) is 31.9 Å². The van der Waals surface area contributed by atoms with E-state index in [4.69, 9.17) is 43.8 Å². The molecule has 3 aliphatic rings. The van der Waals surface area contributed by atoms with Crippen LogP contribution in [-0.4, -0.2) is 98.5 Å². The molecular weight excluding hydrogens is 808 g/mol. The first-order valence-corrected chi connectivity index (χ1v) is 25.3. The minimum Gasteiger partial charge on any atom is -0.471 e. The number of carbonyl (C=O) groups excluding carboxylic acids is 1. The highest BCUT2D eigenvalue weighted by molar-refractivity contribution is 8.44. The number of thiol groups is 1. The van der Waals surface area contributed by atoms with Gasteiger partial charge in [-0.2, -0.15) is 4.98 Å². The van der Waals surface area contributed by atoms with Crippen molar-refractivity contribution in [1.29, 1.82) is 0 Å². The summed E-state index contributed by atoms with van der Waals surface area (Å²) in [5.41, 5.74) is -0.735. The smallest absolute Gasteiger partial charge is 0.386 e. The van der Waals surface area contributed by atoms with Crippen molar-refractivity contribution >= 4 is 68.9 Å². The number of fused-ring (bicyclic) bond motifs is 4. The van der Waals surface area contributed by atoms with E-state index in [9.17, 15) is 19.0 Å². The number of amides is 1. The molecule has 3 N–H and O–H groups in total. The zero-order valence-electron chi connectivity index (χ0n) is 30.5. The molecule has 0 aromatic carbocycles. The van der Waals surface area contributed by atoms with Crippen LogP contribution in [0.2, 0.25) is 18.1 Å². The third-order valence-corrected chi connectivity index (χ3v) is 17.5. The summed E-state index contributed by atoms with van der Waals surface area (Å²) in [6.07, 6.45) is -5.06. The fraction of sp³-hybridized carbons (Fsp3) is 0.667. The maximum Gasteiger partial charge on any atom is 0.386 e. The number of H-pyrrole nitrogens is 1. The van der Waals surface area contributed by atoms with E-state index in [-0.39, 0.29) is 34.5 Å². The van der Waals surface area contributed by atoms with Gasteiger partial charge in [-0.25, -0.2) is 23.9 Å². The Bertz CT molecular complexity index is 2010. The van der Waals surface area contributed by atoms with Crippen LogP contribution in [0.15, 0.2) is 29.7 Å². The van der Waals surface area contributed by atoms with Crippen LogP contribution in [0, 0.1) is 11.8 Å². The van der Waals surface area contributed by atoms with Gasteiger partial charge in [0, 0.05) is 24.1 Å². The van der Waals surface area contributed by atoms with E-state index in [1.807, 2.05) is 33.9 Å². The number of halogens is 1. The fourth-order valence-corrected chi connectivity index (χ4v) is 10.2.